The van der Waals surface area contributed by atoms with Gasteiger partial charge in [0.15, 0.2) is 6.10 Å². The maximum absolute atomic E-state index is 12.0. The molecule has 0 aliphatic rings. The first-order chi connectivity index (χ1) is 12.6. The van der Waals surface area contributed by atoms with Gasteiger partial charge >= 0.3 is 12.1 Å². The zero-order valence-corrected chi connectivity index (χ0v) is 16.0. The number of hydrogen-bond acceptors (Lipinski definition) is 6. The van der Waals surface area contributed by atoms with Crippen molar-refractivity contribution in [1.82, 2.24) is 5.32 Å². The molecule has 2 N–H and O–H groups in total. The van der Waals surface area contributed by atoms with E-state index in [0.29, 0.717) is 17.7 Å². The van der Waals surface area contributed by atoms with Crippen molar-refractivity contribution in [2.45, 2.75) is 52.2 Å². The van der Waals surface area contributed by atoms with Crippen LogP contribution in [0.5, 0.6) is 0 Å². The van der Waals surface area contributed by atoms with Gasteiger partial charge in [-0.2, -0.15) is 5.26 Å². The average molecular weight is 375 g/mol. The number of carbonyl (C=O) groups excluding carboxylic acids is 3. The fourth-order valence-corrected chi connectivity index (χ4v) is 1.92. The number of esters is 1. The first-order valence-corrected chi connectivity index (χ1v) is 8.58. The summed E-state index contributed by atoms with van der Waals surface area (Å²) in [6.07, 6.45) is -1.09. The number of nitrogens with one attached hydrogen (secondary N) is 2. The summed E-state index contributed by atoms with van der Waals surface area (Å²) < 4.78 is 10.1. The van der Waals surface area contributed by atoms with Crippen molar-refractivity contribution in [3.05, 3.63) is 29.8 Å². The van der Waals surface area contributed by atoms with Crippen molar-refractivity contribution >= 4 is 23.7 Å². The van der Waals surface area contributed by atoms with E-state index < -0.39 is 29.7 Å². The van der Waals surface area contributed by atoms with Gasteiger partial charge in [-0.15, -0.1) is 0 Å². The van der Waals surface area contributed by atoms with Crippen LogP contribution in [-0.2, 0) is 19.1 Å². The standard InChI is InChI=1S/C19H25N3O5/c1-13(17(24)22-15-9-7-14(12-20)8-10-15)26-16(23)6-5-11-21-18(25)27-19(2,3)4/h7-10,13H,5-6,11H2,1-4H3,(H,21,25)(H,22,24)/t13-/m0/s1. The lowest BCUT2D eigenvalue weighted by atomic mass is 10.2. The summed E-state index contributed by atoms with van der Waals surface area (Å²) >= 11 is 0. The van der Waals surface area contributed by atoms with E-state index in [4.69, 9.17) is 14.7 Å². The van der Waals surface area contributed by atoms with E-state index in [1.165, 1.54) is 6.92 Å². The highest BCUT2D eigenvalue weighted by atomic mass is 16.6. The zero-order chi connectivity index (χ0) is 20.4. The first kappa shape index (κ1) is 22.0. The van der Waals surface area contributed by atoms with Crippen molar-refractivity contribution in [1.29, 1.82) is 5.26 Å². The average Bonchev–Trinajstić information content (AvgIpc) is 2.57. The van der Waals surface area contributed by atoms with E-state index in [0.717, 1.165) is 0 Å². The Morgan fingerprint density at radius 3 is 2.37 bits per heavy atom. The molecule has 0 aromatic heterocycles. The second-order valence-electron chi connectivity index (χ2n) is 6.84. The molecule has 0 radical (unpaired) electrons. The molecule has 0 fully saturated rings. The molecule has 0 saturated carbocycles. The van der Waals surface area contributed by atoms with Crippen LogP contribution in [0.2, 0.25) is 0 Å². The maximum Gasteiger partial charge on any atom is 0.407 e. The highest BCUT2D eigenvalue weighted by Crippen LogP contribution is 2.10. The molecule has 0 aliphatic heterocycles. The molecule has 1 rings (SSSR count). The maximum atomic E-state index is 12.0. The topological polar surface area (TPSA) is 118 Å². The Kier molecular flexibility index (Phi) is 8.27. The van der Waals surface area contributed by atoms with Gasteiger partial charge in [-0.3, -0.25) is 9.59 Å². The summed E-state index contributed by atoms with van der Waals surface area (Å²) in [6, 6.07) is 8.31. The van der Waals surface area contributed by atoms with E-state index in [1.54, 1.807) is 45.0 Å². The predicted molar refractivity (Wildman–Crippen MR) is 98.8 cm³/mol. The molecule has 1 atom stereocenters. The Labute approximate surface area is 158 Å². The number of rotatable bonds is 7. The Morgan fingerprint density at radius 1 is 1.19 bits per heavy atom. The van der Waals surface area contributed by atoms with Crippen LogP contribution in [0.4, 0.5) is 10.5 Å². The summed E-state index contributed by atoms with van der Waals surface area (Å²) in [5, 5.41) is 13.9. The predicted octanol–water partition coefficient (Wildman–Crippen LogP) is 2.73. The molecule has 146 valence electrons. The SMILES string of the molecule is C[C@H](OC(=O)CCCNC(=O)OC(C)(C)C)C(=O)Nc1ccc(C#N)cc1. The molecule has 0 spiro atoms. The largest absolute Gasteiger partial charge is 0.453 e. The van der Waals surface area contributed by atoms with Crippen molar-refractivity contribution in [2.75, 3.05) is 11.9 Å². The number of alkyl carbamates (subject to hydrolysis) is 1. The van der Waals surface area contributed by atoms with Gasteiger partial charge in [-0.1, -0.05) is 0 Å². The Balaban J connectivity index is 2.29. The molecule has 0 heterocycles. The third-order valence-electron chi connectivity index (χ3n) is 3.18. The van der Waals surface area contributed by atoms with E-state index in [2.05, 4.69) is 10.6 Å². The summed E-state index contributed by atoms with van der Waals surface area (Å²) in [7, 11) is 0. The summed E-state index contributed by atoms with van der Waals surface area (Å²) in [5.74, 6) is -1.01. The van der Waals surface area contributed by atoms with Gasteiger partial charge < -0.3 is 20.1 Å². The molecule has 0 saturated heterocycles. The third kappa shape index (κ3) is 9.26. The monoisotopic (exact) mass is 375 g/mol. The minimum atomic E-state index is -0.966. The number of anilines is 1. The van der Waals surface area contributed by atoms with Crippen LogP contribution >= 0.6 is 0 Å². The van der Waals surface area contributed by atoms with Crippen molar-refractivity contribution in [3.8, 4) is 6.07 Å². The van der Waals surface area contributed by atoms with Crippen LogP contribution in [0.15, 0.2) is 24.3 Å². The van der Waals surface area contributed by atoms with Gasteiger partial charge in [-0.25, -0.2) is 4.79 Å². The van der Waals surface area contributed by atoms with Crippen LogP contribution in [0, 0.1) is 11.3 Å². The van der Waals surface area contributed by atoms with Crippen LogP contribution in [0.25, 0.3) is 0 Å². The Hall–Kier alpha value is -3.08. The normalized spacial score (nSPS) is 11.7. The lowest BCUT2D eigenvalue weighted by Gasteiger charge is -2.19. The number of nitrogens with zero attached hydrogens (tertiary/aromatic N) is 1. The van der Waals surface area contributed by atoms with E-state index in [-0.39, 0.29) is 13.0 Å². The lowest BCUT2D eigenvalue weighted by Crippen LogP contribution is -2.33. The number of benzene rings is 1. The molecule has 27 heavy (non-hydrogen) atoms. The first-order valence-electron chi connectivity index (χ1n) is 8.58. The smallest absolute Gasteiger partial charge is 0.407 e. The molecular weight excluding hydrogens is 350 g/mol. The summed E-state index contributed by atoms with van der Waals surface area (Å²) in [4.78, 5) is 35.3. The van der Waals surface area contributed by atoms with Gasteiger partial charge in [0.2, 0.25) is 0 Å². The third-order valence-corrected chi connectivity index (χ3v) is 3.18. The van der Waals surface area contributed by atoms with Crippen molar-refractivity contribution in [2.24, 2.45) is 0 Å². The van der Waals surface area contributed by atoms with Gasteiger partial charge in [-0.05, 0) is 58.4 Å². The fraction of sp³-hybridized carbons (Fsp3) is 0.474. The van der Waals surface area contributed by atoms with Crippen LogP contribution < -0.4 is 10.6 Å². The van der Waals surface area contributed by atoms with E-state index in [1.807, 2.05) is 6.07 Å². The molecule has 0 unspecified atom stereocenters. The number of ether oxygens (including phenoxy) is 2. The molecule has 8 nitrogen and oxygen atoms in total. The number of nitriles is 1. The van der Waals surface area contributed by atoms with Crippen LogP contribution in [0.3, 0.4) is 0 Å². The number of carbonyl (C=O) groups is 3. The minimum Gasteiger partial charge on any atom is -0.453 e. The highest BCUT2D eigenvalue weighted by Gasteiger charge is 2.18. The minimum absolute atomic E-state index is 0.0598. The molecule has 2 amide bonds. The number of hydrogen-bond donors (Lipinski definition) is 2. The van der Waals surface area contributed by atoms with E-state index >= 15 is 0 Å². The highest BCUT2D eigenvalue weighted by molar-refractivity contribution is 5.95. The van der Waals surface area contributed by atoms with Crippen molar-refractivity contribution in [3.63, 3.8) is 0 Å². The lowest BCUT2D eigenvalue weighted by molar-refractivity contribution is -0.153. The number of amides is 2. The van der Waals surface area contributed by atoms with E-state index in [9.17, 15) is 14.4 Å². The summed E-state index contributed by atoms with van der Waals surface area (Å²) in [5.41, 5.74) is 0.400. The second kappa shape index (κ2) is 10.2. The fourth-order valence-electron chi connectivity index (χ4n) is 1.92. The second-order valence-corrected chi connectivity index (χ2v) is 6.84. The quantitative estimate of drug-likeness (QED) is 0.559. The molecule has 8 heteroatoms. The van der Waals surface area contributed by atoms with Gasteiger partial charge in [0.1, 0.15) is 5.60 Å². The van der Waals surface area contributed by atoms with Crippen LogP contribution in [-0.4, -0.2) is 36.2 Å². The Bertz CT molecular complexity index is 702. The van der Waals surface area contributed by atoms with Crippen LogP contribution in [0.1, 0.15) is 46.1 Å². The summed E-state index contributed by atoms with van der Waals surface area (Å²) in [6.45, 7) is 7.00. The van der Waals surface area contributed by atoms with Gasteiger partial charge in [0.25, 0.3) is 5.91 Å². The van der Waals surface area contributed by atoms with Gasteiger partial charge in [0, 0.05) is 18.7 Å². The molecule has 1 aromatic carbocycles. The molecule has 0 bridgehead atoms. The zero-order valence-electron chi connectivity index (χ0n) is 16.0. The van der Waals surface area contributed by atoms with Gasteiger partial charge in [0.05, 0.1) is 11.6 Å². The van der Waals surface area contributed by atoms with Crippen molar-refractivity contribution < 1.29 is 23.9 Å². The molecule has 0 aliphatic carbocycles. The molecular formula is C19H25N3O5. The molecule has 1 aromatic rings. The Morgan fingerprint density at radius 2 is 1.81 bits per heavy atom.